The van der Waals surface area contributed by atoms with Crippen molar-refractivity contribution in [2.75, 3.05) is 6.54 Å². The molecule has 0 bridgehead atoms. The van der Waals surface area contributed by atoms with E-state index in [-0.39, 0.29) is 16.9 Å². The summed E-state index contributed by atoms with van der Waals surface area (Å²) < 4.78 is 29.1. The lowest BCUT2D eigenvalue weighted by molar-refractivity contribution is 0.270. The van der Waals surface area contributed by atoms with Gasteiger partial charge in [-0.1, -0.05) is 13.8 Å². The van der Waals surface area contributed by atoms with Gasteiger partial charge < -0.3 is 9.67 Å². The van der Waals surface area contributed by atoms with Crippen molar-refractivity contribution >= 4 is 10.0 Å². The van der Waals surface area contributed by atoms with Gasteiger partial charge in [-0.3, -0.25) is 0 Å². The highest BCUT2D eigenvalue weighted by Gasteiger charge is 2.41. The van der Waals surface area contributed by atoms with Gasteiger partial charge in [-0.25, -0.2) is 13.1 Å². The van der Waals surface area contributed by atoms with Gasteiger partial charge in [0.05, 0.1) is 11.5 Å². The maximum atomic E-state index is 12.3. The Hall–Kier alpha value is -0.850. The number of nitrogens with one attached hydrogen (secondary N) is 1. The number of aryl methyl sites for hydroxylation is 1. The summed E-state index contributed by atoms with van der Waals surface area (Å²) in [7, 11) is -3.48. The molecule has 0 saturated heterocycles. The number of aliphatic hydroxyl groups is 1. The summed E-state index contributed by atoms with van der Waals surface area (Å²) in [6, 6.07) is 1.56. The molecule has 1 aromatic rings. The van der Waals surface area contributed by atoms with Gasteiger partial charge in [-0.2, -0.15) is 0 Å². The highest BCUT2D eigenvalue weighted by Crippen LogP contribution is 2.48. The molecule has 1 aliphatic carbocycles. The monoisotopic (exact) mass is 300 g/mol. The Balaban J connectivity index is 2.12. The Morgan fingerprint density at radius 2 is 2.10 bits per heavy atom. The number of aromatic nitrogens is 1. The van der Waals surface area contributed by atoms with Crippen molar-refractivity contribution in [2.45, 2.75) is 57.6 Å². The fraction of sp³-hybridized carbons (Fsp3) is 0.714. The van der Waals surface area contributed by atoms with E-state index in [1.165, 1.54) is 0 Å². The van der Waals surface area contributed by atoms with Crippen molar-refractivity contribution in [1.82, 2.24) is 9.29 Å². The highest BCUT2D eigenvalue weighted by atomic mass is 32.2. The lowest BCUT2D eigenvalue weighted by atomic mass is 10.1. The van der Waals surface area contributed by atoms with Crippen LogP contribution in [0, 0.1) is 5.41 Å². The maximum absolute atomic E-state index is 12.3. The molecule has 0 aliphatic heterocycles. The first-order valence-electron chi connectivity index (χ1n) is 7.26. The van der Waals surface area contributed by atoms with E-state index in [1.54, 1.807) is 16.8 Å². The first-order chi connectivity index (χ1) is 9.46. The highest BCUT2D eigenvalue weighted by molar-refractivity contribution is 7.89. The predicted molar refractivity (Wildman–Crippen MR) is 77.8 cm³/mol. The molecular formula is C14H24N2O3S. The summed E-state index contributed by atoms with van der Waals surface area (Å²) >= 11 is 0. The lowest BCUT2D eigenvalue weighted by Crippen LogP contribution is -2.29. The molecule has 2 N–H and O–H groups in total. The molecule has 0 atom stereocenters. The van der Waals surface area contributed by atoms with E-state index in [4.69, 9.17) is 0 Å². The summed E-state index contributed by atoms with van der Waals surface area (Å²) in [5, 5.41) is 9.30. The largest absolute Gasteiger partial charge is 0.390 e. The molecule has 0 aromatic carbocycles. The lowest BCUT2D eigenvalue weighted by Gasteiger charge is -2.13. The van der Waals surface area contributed by atoms with E-state index in [1.807, 2.05) is 6.92 Å². The van der Waals surface area contributed by atoms with Crippen molar-refractivity contribution < 1.29 is 13.5 Å². The zero-order valence-corrected chi connectivity index (χ0v) is 13.0. The number of hydrogen-bond acceptors (Lipinski definition) is 3. The zero-order chi connectivity index (χ0) is 14.8. The molecule has 5 nitrogen and oxygen atoms in total. The SMILES string of the molecule is CCCn1cc(S(=O)(=O)NCC2(CC)CC2)cc1CO. The quantitative estimate of drug-likeness (QED) is 0.770. The second-order valence-electron chi connectivity index (χ2n) is 5.70. The van der Waals surface area contributed by atoms with Gasteiger partial charge in [0.25, 0.3) is 0 Å². The van der Waals surface area contributed by atoms with Crippen molar-refractivity contribution in [3.63, 3.8) is 0 Å². The van der Waals surface area contributed by atoms with Crippen LogP contribution in [0.5, 0.6) is 0 Å². The van der Waals surface area contributed by atoms with Crippen LogP contribution in [0.25, 0.3) is 0 Å². The summed E-state index contributed by atoms with van der Waals surface area (Å²) in [6.07, 6.45) is 5.72. The average molecular weight is 300 g/mol. The van der Waals surface area contributed by atoms with Gasteiger partial charge in [-0.15, -0.1) is 0 Å². The molecule has 114 valence electrons. The number of hydrogen-bond donors (Lipinski definition) is 2. The van der Waals surface area contributed by atoms with Gasteiger partial charge in [0.1, 0.15) is 0 Å². The summed E-state index contributed by atoms with van der Waals surface area (Å²) in [4.78, 5) is 0.252. The average Bonchev–Trinajstić information content (AvgIpc) is 3.10. The first-order valence-corrected chi connectivity index (χ1v) is 8.74. The second kappa shape index (κ2) is 5.87. The van der Waals surface area contributed by atoms with Crippen LogP contribution in [-0.4, -0.2) is 24.6 Å². The van der Waals surface area contributed by atoms with Gasteiger partial charge in [0.2, 0.25) is 10.0 Å². The minimum Gasteiger partial charge on any atom is -0.390 e. The third-order valence-electron chi connectivity index (χ3n) is 4.24. The molecule has 1 aliphatic rings. The molecule has 1 fully saturated rings. The van der Waals surface area contributed by atoms with Crippen molar-refractivity contribution in [1.29, 1.82) is 0 Å². The standard InChI is InChI=1S/C14H24N2O3S/c1-3-7-16-9-13(8-12(16)10-17)20(18,19)15-11-14(4-2)5-6-14/h8-9,15,17H,3-7,10-11H2,1-2H3. The minimum atomic E-state index is -3.48. The van der Waals surface area contributed by atoms with Crippen LogP contribution in [0.4, 0.5) is 0 Å². The van der Waals surface area contributed by atoms with Crippen LogP contribution in [0.2, 0.25) is 0 Å². The molecule has 0 spiro atoms. The molecule has 6 heteroatoms. The Morgan fingerprint density at radius 1 is 1.40 bits per heavy atom. The summed E-state index contributed by atoms with van der Waals surface area (Å²) in [5.74, 6) is 0. The number of sulfonamides is 1. The van der Waals surface area contributed by atoms with Crippen LogP contribution in [-0.2, 0) is 23.2 Å². The molecule has 0 unspecified atom stereocenters. The summed E-state index contributed by atoms with van der Waals surface area (Å²) in [6.45, 7) is 5.20. The third-order valence-corrected chi connectivity index (χ3v) is 5.61. The maximum Gasteiger partial charge on any atom is 0.242 e. The molecule has 1 saturated carbocycles. The number of aliphatic hydroxyl groups excluding tert-OH is 1. The van der Waals surface area contributed by atoms with E-state index in [9.17, 15) is 13.5 Å². The normalized spacial score (nSPS) is 17.4. The van der Waals surface area contributed by atoms with E-state index < -0.39 is 10.0 Å². The number of rotatable bonds is 8. The van der Waals surface area contributed by atoms with Gasteiger partial charge in [0, 0.05) is 25.0 Å². The van der Waals surface area contributed by atoms with E-state index in [2.05, 4.69) is 11.6 Å². The smallest absolute Gasteiger partial charge is 0.242 e. The van der Waals surface area contributed by atoms with Gasteiger partial charge in [0.15, 0.2) is 0 Å². The fourth-order valence-corrected chi connectivity index (χ4v) is 3.64. The predicted octanol–water partition coefficient (Wildman–Crippen LogP) is 1.86. The van der Waals surface area contributed by atoms with Crippen LogP contribution >= 0.6 is 0 Å². The Morgan fingerprint density at radius 3 is 2.60 bits per heavy atom. The van der Waals surface area contributed by atoms with Gasteiger partial charge in [-0.05, 0) is 37.2 Å². The van der Waals surface area contributed by atoms with Crippen LogP contribution in [0.3, 0.4) is 0 Å². The molecule has 2 rings (SSSR count). The minimum absolute atomic E-state index is 0.144. The second-order valence-corrected chi connectivity index (χ2v) is 7.46. The summed E-state index contributed by atoms with van der Waals surface area (Å²) in [5.41, 5.74) is 0.822. The van der Waals surface area contributed by atoms with Crippen molar-refractivity contribution in [3.05, 3.63) is 18.0 Å². The molecule has 1 heterocycles. The van der Waals surface area contributed by atoms with Crippen molar-refractivity contribution in [3.8, 4) is 0 Å². The Kier molecular flexibility index (Phi) is 4.56. The molecule has 0 radical (unpaired) electrons. The molecular weight excluding hydrogens is 276 g/mol. The Labute approximate surface area is 121 Å². The van der Waals surface area contributed by atoms with Crippen LogP contribution in [0.1, 0.15) is 45.2 Å². The molecule has 0 amide bonds. The third kappa shape index (κ3) is 3.24. The van der Waals surface area contributed by atoms with E-state index in [0.29, 0.717) is 18.8 Å². The molecule has 1 aromatic heterocycles. The van der Waals surface area contributed by atoms with Crippen molar-refractivity contribution in [2.24, 2.45) is 5.41 Å². The van der Waals surface area contributed by atoms with E-state index >= 15 is 0 Å². The first kappa shape index (κ1) is 15.5. The van der Waals surface area contributed by atoms with Crippen LogP contribution in [0.15, 0.2) is 17.2 Å². The number of nitrogens with zero attached hydrogens (tertiary/aromatic N) is 1. The zero-order valence-electron chi connectivity index (χ0n) is 12.2. The topological polar surface area (TPSA) is 71.3 Å². The molecule has 20 heavy (non-hydrogen) atoms. The van der Waals surface area contributed by atoms with E-state index in [0.717, 1.165) is 25.7 Å². The van der Waals surface area contributed by atoms with Crippen LogP contribution < -0.4 is 4.72 Å². The fourth-order valence-electron chi connectivity index (χ4n) is 2.42. The Bertz CT molecular complexity index is 559. The van der Waals surface area contributed by atoms with Gasteiger partial charge >= 0.3 is 0 Å².